The lowest BCUT2D eigenvalue weighted by molar-refractivity contribution is 0.0320. The van der Waals surface area contributed by atoms with Gasteiger partial charge in [-0.3, -0.25) is 18.7 Å². The number of benzene rings is 4. The molecule has 0 fully saturated rings. The molecule has 0 spiro atoms. The summed E-state index contributed by atoms with van der Waals surface area (Å²) in [4.78, 5) is 30.9. The zero-order valence-electron chi connectivity index (χ0n) is 35.7. The quantitative estimate of drug-likeness (QED) is 0.0818. The first-order chi connectivity index (χ1) is 31.1. The van der Waals surface area contributed by atoms with Gasteiger partial charge in [-0.2, -0.15) is 16.8 Å². The third-order valence-corrected chi connectivity index (χ3v) is 14.0. The highest BCUT2D eigenvalue weighted by molar-refractivity contribution is 7.86. The van der Waals surface area contributed by atoms with Crippen LogP contribution in [-0.2, 0) is 29.7 Å². The Morgan fingerprint density at radius 3 is 1.22 bits per heavy atom. The fourth-order valence-corrected chi connectivity index (χ4v) is 10.5. The van der Waals surface area contributed by atoms with Crippen molar-refractivity contribution < 1.29 is 64.0 Å². The second kappa shape index (κ2) is 18.4. The molecule has 20 heteroatoms. The Bertz CT molecular complexity index is 2560. The first-order valence-electron chi connectivity index (χ1n) is 20.6. The molecule has 8 rings (SSSR count). The number of rotatable bonds is 16. The molecule has 0 bridgehead atoms. The summed E-state index contributed by atoms with van der Waals surface area (Å²) in [5.74, 6) is 0.840. The van der Waals surface area contributed by atoms with E-state index >= 15 is 0 Å². The van der Waals surface area contributed by atoms with Crippen molar-refractivity contribution in [2.75, 3.05) is 52.3 Å². The van der Waals surface area contributed by atoms with E-state index in [-0.39, 0.29) is 35.7 Å². The number of hydrogen-bond acceptors (Lipinski definition) is 14. The summed E-state index contributed by atoms with van der Waals surface area (Å²) >= 11 is 0. The molecule has 0 radical (unpaired) electrons. The number of methoxy groups -OCH3 is 4. The summed E-state index contributed by atoms with van der Waals surface area (Å²) in [6, 6.07) is 20.7. The summed E-state index contributed by atoms with van der Waals surface area (Å²) in [5, 5.41) is 2.40. The van der Waals surface area contributed by atoms with E-state index in [0.717, 1.165) is 0 Å². The molecule has 4 aliphatic heterocycles. The monoisotopic (exact) mass is 932 g/mol. The van der Waals surface area contributed by atoms with Gasteiger partial charge in [0.25, 0.3) is 32.1 Å². The molecule has 18 nitrogen and oxygen atoms in total. The van der Waals surface area contributed by atoms with Gasteiger partial charge in [0.2, 0.25) is 0 Å². The first kappa shape index (κ1) is 45.4. The number of ether oxygens (including phenoxy) is 6. The summed E-state index contributed by atoms with van der Waals surface area (Å²) in [5.41, 5.74) is 2.93. The molecular weight excluding hydrogens is 885 g/mol. The van der Waals surface area contributed by atoms with E-state index in [2.05, 4.69) is 10.6 Å². The number of carbonyl (C=O) groups excluding carboxylic acids is 2. The molecule has 2 amide bonds. The minimum atomic E-state index is -4.84. The van der Waals surface area contributed by atoms with Gasteiger partial charge in [0, 0.05) is 48.1 Å². The molecule has 0 saturated carbocycles. The number of amides is 2. The number of fused-ring (bicyclic) bond motifs is 4. The number of anilines is 2. The fourth-order valence-electron chi connectivity index (χ4n) is 8.66. The van der Waals surface area contributed by atoms with Crippen molar-refractivity contribution in [2.24, 2.45) is 0 Å². The molecule has 4 aliphatic rings. The van der Waals surface area contributed by atoms with Crippen molar-refractivity contribution >= 4 is 54.6 Å². The Labute approximate surface area is 376 Å². The number of carbonyl (C=O) groups is 2. The fraction of sp³-hybridized carbons (Fsp3) is 0.333. The molecule has 4 N–H and O–H groups in total. The number of unbranched alkanes of at least 4 members (excludes halogenated alkanes) is 2. The first-order valence-corrected chi connectivity index (χ1v) is 23.6. The smallest absolute Gasteiger partial charge is 0.288 e. The van der Waals surface area contributed by atoms with Gasteiger partial charge in [0.1, 0.15) is 47.3 Å². The molecule has 4 heterocycles. The Hall–Kier alpha value is -6.16. The van der Waals surface area contributed by atoms with Crippen molar-refractivity contribution in [2.45, 2.75) is 54.3 Å². The van der Waals surface area contributed by atoms with E-state index in [0.29, 0.717) is 64.5 Å². The van der Waals surface area contributed by atoms with Crippen LogP contribution in [0.1, 0.15) is 51.1 Å². The highest BCUT2D eigenvalue weighted by atomic mass is 32.2. The van der Waals surface area contributed by atoms with Crippen LogP contribution < -0.4 is 29.6 Å². The maximum atomic E-state index is 14.2. The van der Waals surface area contributed by atoms with Crippen LogP contribution in [0.4, 0.5) is 11.4 Å². The van der Waals surface area contributed by atoms with E-state index in [1.165, 1.54) is 62.5 Å². The zero-order chi connectivity index (χ0) is 46.2. The van der Waals surface area contributed by atoms with Crippen molar-refractivity contribution in [3.8, 4) is 23.0 Å². The minimum Gasteiger partial charge on any atom is -0.497 e. The lowest BCUT2D eigenvalue weighted by Crippen LogP contribution is -2.52. The second-order valence-corrected chi connectivity index (χ2v) is 18.7. The average molecular weight is 933 g/mol. The average Bonchev–Trinajstić information content (AvgIpc) is 3.79. The largest absolute Gasteiger partial charge is 0.497 e. The molecule has 344 valence electrons. The van der Waals surface area contributed by atoms with Crippen molar-refractivity contribution in [3.63, 3.8) is 0 Å². The topological polar surface area (TPSA) is 229 Å². The lowest BCUT2D eigenvalue weighted by Gasteiger charge is -2.32. The van der Waals surface area contributed by atoms with Crippen LogP contribution in [0.25, 0.3) is 11.1 Å². The van der Waals surface area contributed by atoms with Crippen molar-refractivity contribution in [1.82, 2.24) is 9.80 Å². The Balaban J connectivity index is 1.01. The number of nitrogens with one attached hydrogen (secondary N) is 2. The van der Waals surface area contributed by atoms with Crippen LogP contribution in [0.5, 0.6) is 23.0 Å². The Morgan fingerprint density at radius 2 is 0.877 bits per heavy atom. The van der Waals surface area contributed by atoms with Gasteiger partial charge in [0.15, 0.2) is 10.7 Å². The van der Waals surface area contributed by atoms with Crippen LogP contribution in [-0.4, -0.2) is 124 Å². The second-order valence-electron chi connectivity index (χ2n) is 15.7. The Morgan fingerprint density at radius 1 is 0.523 bits per heavy atom. The molecule has 4 unspecified atom stereocenters. The summed E-state index contributed by atoms with van der Waals surface area (Å²) in [6.45, 7) is 0.189. The Kier molecular flexibility index (Phi) is 12.8. The third kappa shape index (κ3) is 8.96. The summed E-state index contributed by atoms with van der Waals surface area (Å²) in [7, 11) is -3.75. The van der Waals surface area contributed by atoms with Crippen LogP contribution in [0.15, 0.2) is 97.3 Å². The lowest BCUT2D eigenvalue weighted by atomic mass is 9.98. The summed E-state index contributed by atoms with van der Waals surface area (Å²) in [6.07, 6.45) is 2.42. The molecular formula is C45H48N4O14S2. The maximum Gasteiger partial charge on any atom is 0.288 e. The van der Waals surface area contributed by atoms with Crippen LogP contribution in [0.3, 0.4) is 0 Å². The normalized spacial score (nSPS) is 22.5. The minimum absolute atomic E-state index is 0.0947. The molecule has 0 aromatic heterocycles. The maximum absolute atomic E-state index is 14.2. The molecule has 0 aliphatic carbocycles. The molecule has 4 aromatic carbocycles. The molecule has 65 heavy (non-hydrogen) atoms. The van der Waals surface area contributed by atoms with Gasteiger partial charge in [-0.25, -0.2) is 0 Å². The van der Waals surface area contributed by atoms with Gasteiger partial charge in [-0.1, -0.05) is 24.3 Å². The van der Waals surface area contributed by atoms with Gasteiger partial charge in [-0.05, 0) is 91.1 Å². The van der Waals surface area contributed by atoms with E-state index < -0.39 is 67.1 Å². The van der Waals surface area contributed by atoms with E-state index in [9.17, 15) is 35.5 Å². The molecule has 4 aromatic rings. The number of hydrogen-bond donors (Lipinski definition) is 4. The predicted molar refractivity (Wildman–Crippen MR) is 239 cm³/mol. The van der Waals surface area contributed by atoms with Crippen LogP contribution >= 0.6 is 0 Å². The van der Waals surface area contributed by atoms with E-state index in [4.69, 9.17) is 28.4 Å². The van der Waals surface area contributed by atoms with Gasteiger partial charge in [0.05, 0.1) is 39.6 Å². The van der Waals surface area contributed by atoms with Gasteiger partial charge in [-0.15, -0.1) is 0 Å². The predicted octanol–water partition coefficient (Wildman–Crippen LogP) is 5.37. The SMILES string of the molecule is COc1ccc(C2=CN3C(=O)c4cc(OC)ccc4NC(S(=O)(=O)O)[C@@H]3C2OCCCCCOC2C(c3ccc(OC)cc3)=CN3C(=O)c4cc(OC)ccc4NC(S(=O)(=O)O)[C@H]23)cc1. The van der Waals surface area contributed by atoms with Crippen molar-refractivity contribution in [3.05, 3.63) is 120 Å². The van der Waals surface area contributed by atoms with Crippen LogP contribution in [0, 0.1) is 0 Å². The number of nitrogens with zero attached hydrogens (tertiary/aromatic N) is 2. The molecule has 6 atom stereocenters. The standard InChI is InChI=1S/C45H48N4O14S2/c1-58-28-12-8-26(9-13-28)34-24-48-38(42(64(52,53)54)46-36-18-16-30(60-3)22-32(36)44(48)50)40(34)62-20-6-5-7-21-63-41-35(27-10-14-29(59-2)15-11-27)25-49-39(41)43(65(55,56)57)47-37-19-17-31(61-4)23-33(37)45(49)51/h8-19,22-25,38-43,46-47H,5-7,20-21H2,1-4H3,(H,52,53,54)(H,55,56,57)/t38-,39-,40?,41?,42?,43?/m0/s1. The van der Waals surface area contributed by atoms with Crippen molar-refractivity contribution in [1.29, 1.82) is 0 Å². The zero-order valence-corrected chi connectivity index (χ0v) is 37.4. The van der Waals surface area contributed by atoms with Gasteiger partial charge < -0.3 is 48.9 Å². The van der Waals surface area contributed by atoms with E-state index in [1.807, 2.05) is 0 Å². The highest BCUT2D eigenvalue weighted by Crippen LogP contribution is 2.43. The third-order valence-electron chi connectivity index (χ3n) is 11.9. The van der Waals surface area contributed by atoms with Crippen LogP contribution in [0.2, 0.25) is 0 Å². The highest BCUT2D eigenvalue weighted by Gasteiger charge is 2.53. The summed E-state index contributed by atoms with van der Waals surface area (Å²) < 4.78 is 108. The molecule has 0 saturated heterocycles. The van der Waals surface area contributed by atoms with E-state index in [1.54, 1.807) is 73.1 Å². The van der Waals surface area contributed by atoms with Gasteiger partial charge >= 0.3 is 0 Å².